The third-order valence-electron chi connectivity index (χ3n) is 4.89. The van der Waals surface area contributed by atoms with Crippen LogP contribution in [0.15, 0.2) is 41.3 Å². The van der Waals surface area contributed by atoms with Crippen molar-refractivity contribution < 1.29 is 30.7 Å². The molecular formula is C19H21Cl2N3O8S2. The van der Waals surface area contributed by atoms with Crippen LogP contribution in [0, 0.1) is 10.1 Å². The molecule has 1 heterocycles. The second kappa shape index (κ2) is 10.3. The van der Waals surface area contributed by atoms with Crippen LogP contribution in [0.2, 0.25) is 10.0 Å². The zero-order chi connectivity index (χ0) is 25.3. The first kappa shape index (κ1) is 26.6. The van der Waals surface area contributed by atoms with Crippen molar-refractivity contribution in [2.24, 2.45) is 0 Å². The molecule has 186 valence electrons. The van der Waals surface area contributed by atoms with Gasteiger partial charge in [0, 0.05) is 41.8 Å². The Balaban J connectivity index is 2.10. The molecule has 0 aromatic heterocycles. The molecule has 1 atom stereocenters. The van der Waals surface area contributed by atoms with Crippen molar-refractivity contribution in [3.05, 3.63) is 56.6 Å². The van der Waals surface area contributed by atoms with E-state index in [9.17, 15) is 26.9 Å². The van der Waals surface area contributed by atoms with Crippen LogP contribution in [0.25, 0.3) is 0 Å². The molecule has 0 aliphatic carbocycles. The SMILES string of the molecule is CCN1CCN(S(=O)(=O)c2cc([N+](=O)[O-])ccc2Oc2cc(Cl)cc(Cl)c2)C(OS(C)(=O)=O)C1. The molecule has 34 heavy (non-hydrogen) atoms. The quantitative estimate of drug-likeness (QED) is 0.273. The number of sulfonamides is 1. The van der Waals surface area contributed by atoms with E-state index in [-0.39, 0.29) is 34.6 Å². The molecule has 3 rings (SSSR count). The average Bonchev–Trinajstić information content (AvgIpc) is 2.71. The number of hydrogen-bond donors (Lipinski definition) is 0. The standard InChI is InChI=1S/C19H21Cl2N3O8S2/c1-3-22-6-7-23(19(12-22)32-33(2,27)28)34(29,30)18-11-15(24(25)26)4-5-17(18)31-16-9-13(20)8-14(21)10-16/h4-5,8-11,19H,3,6-7,12H2,1-2H3. The molecule has 0 N–H and O–H groups in total. The van der Waals surface area contributed by atoms with E-state index in [0.717, 1.165) is 28.8 Å². The third-order valence-corrected chi connectivity index (χ3v) is 7.81. The Morgan fingerprint density at radius 1 is 1.09 bits per heavy atom. The number of halogens is 2. The van der Waals surface area contributed by atoms with E-state index < -0.39 is 41.9 Å². The number of likely N-dealkylation sites (N-methyl/N-ethyl adjacent to an activating group) is 1. The Morgan fingerprint density at radius 2 is 1.74 bits per heavy atom. The summed E-state index contributed by atoms with van der Waals surface area (Å²) in [6, 6.07) is 7.29. The van der Waals surface area contributed by atoms with Gasteiger partial charge in [-0.3, -0.25) is 15.0 Å². The molecule has 0 bridgehead atoms. The molecule has 2 aromatic rings. The largest absolute Gasteiger partial charge is 0.456 e. The lowest BCUT2D eigenvalue weighted by atomic mass is 10.3. The van der Waals surface area contributed by atoms with Gasteiger partial charge in [0.2, 0.25) is 10.0 Å². The van der Waals surface area contributed by atoms with Gasteiger partial charge in [-0.15, -0.1) is 0 Å². The lowest BCUT2D eigenvalue weighted by Gasteiger charge is -2.39. The minimum Gasteiger partial charge on any atom is -0.456 e. The first-order valence-corrected chi connectivity index (χ1v) is 13.9. The first-order chi connectivity index (χ1) is 15.8. The topological polar surface area (TPSA) is 136 Å². The summed E-state index contributed by atoms with van der Waals surface area (Å²) in [6.07, 6.45) is -0.561. The van der Waals surface area contributed by atoms with Gasteiger partial charge < -0.3 is 4.74 Å². The maximum atomic E-state index is 13.7. The second-order valence-electron chi connectivity index (χ2n) is 7.36. The molecule has 0 amide bonds. The zero-order valence-corrected chi connectivity index (χ0v) is 21.2. The summed E-state index contributed by atoms with van der Waals surface area (Å²) >= 11 is 12.0. The summed E-state index contributed by atoms with van der Waals surface area (Å²) in [4.78, 5) is 11.9. The molecule has 2 aromatic carbocycles. The van der Waals surface area contributed by atoms with Crippen molar-refractivity contribution in [1.29, 1.82) is 0 Å². The Hall–Kier alpha value is -2.00. The van der Waals surface area contributed by atoms with Crippen LogP contribution in [0.1, 0.15) is 6.92 Å². The summed E-state index contributed by atoms with van der Waals surface area (Å²) < 4.78 is 62.6. The molecule has 1 aliphatic rings. The summed E-state index contributed by atoms with van der Waals surface area (Å²) in [5, 5.41) is 11.8. The lowest BCUT2D eigenvalue weighted by molar-refractivity contribution is -0.385. The number of piperazine rings is 1. The van der Waals surface area contributed by atoms with E-state index in [2.05, 4.69) is 0 Å². The predicted molar refractivity (Wildman–Crippen MR) is 125 cm³/mol. The number of rotatable bonds is 8. The molecule has 1 unspecified atom stereocenters. The van der Waals surface area contributed by atoms with Crippen molar-refractivity contribution in [3.8, 4) is 11.5 Å². The second-order valence-corrected chi connectivity index (χ2v) is 11.7. The highest BCUT2D eigenvalue weighted by Gasteiger charge is 2.40. The molecule has 15 heteroatoms. The highest BCUT2D eigenvalue weighted by Crippen LogP contribution is 2.36. The first-order valence-electron chi connectivity index (χ1n) is 9.85. The molecule has 1 saturated heterocycles. The Kier molecular flexibility index (Phi) is 8.07. The molecule has 1 aliphatic heterocycles. The summed E-state index contributed by atoms with van der Waals surface area (Å²) in [7, 11) is -8.54. The number of non-ortho nitro benzene ring substituents is 1. The molecule has 0 radical (unpaired) electrons. The number of hydrogen-bond acceptors (Lipinski definition) is 9. The molecule has 0 saturated carbocycles. The maximum Gasteiger partial charge on any atom is 0.271 e. The number of nitrogens with zero attached hydrogens (tertiary/aromatic N) is 3. The normalized spacial score (nSPS) is 18.1. The van der Waals surface area contributed by atoms with E-state index in [1.54, 1.807) is 0 Å². The maximum absolute atomic E-state index is 13.7. The van der Waals surface area contributed by atoms with Crippen LogP contribution in [0.5, 0.6) is 11.5 Å². The summed E-state index contributed by atoms with van der Waals surface area (Å²) in [5.41, 5.74) is -0.497. The monoisotopic (exact) mass is 553 g/mol. The van der Waals surface area contributed by atoms with Crippen molar-refractivity contribution in [2.75, 3.05) is 32.4 Å². The lowest BCUT2D eigenvalue weighted by Crippen LogP contribution is -2.56. The number of ether oxygens (including phenoxy) is 1. The van der Waals surface area contributed by atoms with E-state index in [1.807, 2.05) is 11.8 Å². The average molecular weight is 554 g/mol. The van der Waals surface area contributed by atoms with Crippen LogP contribution in [0.4, 0.5) is 5.69 Å². The number of nitro benzene ring substituents is 1. The Bertz CT molecular complexity index is 1280. The Labute approximate surface area is 207 Å². The van der Waals surface area contributed by atoms with Gasteiger partial charge in [0.1, 0.15) is 16.4 Å². The van der Waals surface area contributed by atoms with Crippen molar-refractivity contribution in [3.63, 3.8) is 0 Å². The van der Waals surface area contributed by atoms with E-state index in [0.29, 0.717) is 13.1 Å². The van der Waals surface area contributed by atoms with Gasteiger partial charge in [0.05, 0.1) is 11.2 Å². The van der Waals surface area contributed by atoms with Gasteiger partial charge in [0.25, 0.3) is 15.8 Å². The highest BCUT2D eigenvalue weighted by molar-refractivity contribution is 7.89. The van der Waals surface area contributed by atoms with E-state index >= 15 is 0 Å². The van der Waals surface area contributed by atoms with E-state index in [1.165, 1.54) is 18.2 Å². The van der Waals surface area contributed by atoms with Gasteiger partial charge in [-0.25, -0.2) is 12.6 Å². The highest BCUT2D eigenvalue weighted by atomic mass is 35.5. The van der Waals surface area contributed by atoms with Crippen LogP contribution >= 0.6 is 23.2 Å². The zero-order valence-electron chi connectivity index (χ0n) is 18.0. The van der Waals surface area contributed by atoms with Gasteiger partial charge in [-0.2, -0.15) is 12.7 Å². The third kappa shape index (κ3) is 6.36. The van der Waals surface area contributed by atoms with Gasteiger partial charge in [0.15, 0.2) is 6.23 Å². The van der Waals surface area contributed by atoms with Crippen LogP contribution < -0.4 is 4.74 Å². The fourth-order valence-electron chi connectivity index (χ4n) is 3.37. The minimum atomic E-state index is -4.52. The smallest absolute Gasteiger partial charge is 0.271 e. The number of nitro groups is 1. The molecule has 1 fully saturated rings. The van der Waals surface area contributed by atoms with E-state index in [4.69, 9.17) is 32.1 Å². The van der Waals surface area contributed by atoms with Crippen molar-refractivity contribution in [2.45, 2.75) is 18.0 Å². The minimum absolute atomic E-state index is 0.0161. The number of benzene rings is 2. The van der Waals surface area contributed by atoms with Crippen LogP contribution in [-0.4, -0.2) is 69.6 Å². The van der Waals surface area contributed by atoms with Gasteiger partial charge >= 0.3 is 0 Å². The van der Waals surface area contributed by atoms with Crippen LogP contribution in [0.3, 0.4) is 0 Å². The predicted octanol–water partition coefficient (Wildman–Crippen LogP) is 3.32. The van der Waals surface area contributed by atoms with Gasteiger partial charge in [-0.1, -0.05) is 30.1 Å². The molecular weight excluding hydrogens is 533 g/mol. The summed E-state index contributed by atoms with van der Waals surface area (Å²) in [5.74, 6) is -0.137. The summed E-state index contributed by atoms with van der Waals surface area (Å²) in [6.45, 7) is 2.55. The fraction of sp³-hybridized carbons (Fsp3) is 0.368. The van der Waals surface area contributed by atoms with Crippen molar-refractivity contribution >= 4 is 49.0 Å². The molecule has 11 nitrogen and oxygen atoms in total. The van der Waals surface area contributed by atoms with Crippen molar-refractivity contribution in [1.82, 2.24) is 9.21 Å². The van der Waals surface area contributed by atoms with Gasteiger partial charge in [-0.05, 0) is 30.8 Å². The molecule has 0 spiro atoms. The fourth-order valence-corrected chi connectivity index (χ4v) is 6.12. The Morgan fingerprint density at radius 3 is 2.29 bits per heavy atom. The van der Waals surface area contributed by atoms with Crippen LogP contribution in [-0.2, 0) is 24.3 Å².